The second-order valence-corrected chi connectivity index (χ2v) is 7.13. The summed E-state index contributed by atoms with van der Waals surface area (Å²) in [6, 6.07) is 6.12. The number of rotatable bonds is 5. The number of ether oxygens (including phenoxy) is 2. The highest BCUT2D eigenvalue weighted by Gasteiger charge is 2.42. The largest absolute Gasteiger partial charge is 0.491 e. The Morgan fingerprint density at radius 3 is 2.86 bits per heavy atom. The van der Waals surface area contributed by atoms with Crippen LogP contribution in [0.1, 0.15) is 44.1 Å². The molecule has 1 aromatic carbocycles. The Bertz CT molecular complexity index is 486. The summed E-state index contributed by atoms with van der Waals surface area (Å²) in [6.07, 6.45) is 8.58. The van der Waals surface area contributed by atoms with Crippen molar-refractivity contribution in [2.75, 3.05) is 13.2 Å². The van der Waals surface area contributed by atoms with Gasteiger partial charge >= 0.3 is 0 Å². The zero-order valence-electron chi connectivity index (χ0n) is 12.4. The lowest BCUT2D eigenvalue weighted by atomic mass is 9.98. The van der Waals surface area contributed by atoms with Gasteiger partial charge in [-0.3, -0.25) is 0 Å². The smallest absolute Gasteiger partial charge is 0.119 e. The van der Waals surface area contributed by atoms with Gasteiger partial charge in [0.15, 0.2) is 0 Å². The SMILES string of the molecule is NCCc1cc(OCC2CCC3(CCCC3)O2)ccc1Br. The van der Waals surface area contributed by atoms with Gasteiger partial charge in [-0.1, -0.05) is 28.8 Å². The zero-order valence-corrected chi connectivity index (χ0v) is 14.0. The van der Waals surface area contributed by atoms with Gasteiger partial charge in [0, 0.05) is 4.47 Å². The summed E-state index contributed by atoms with van der Waals surface area (Å²) in [5, 5.41) is 0. The van der Waals surface area contributed by atoms with Gasteiger partial charge in [-0.25, -0.2) is 0 Å². The van der Waals surface area contributed by atoms with Crippen LogP contribution in [0.4, 0.5) is 0 Å². The lowest BCUT2D eigenvalue weighted by Gasteiger charge is -2.23. The Labute approximate surface area is 135 Å². The maximum atomic E-state index is 6.28. The molecular weight excluding hydrogens is 330 g/mol. The summed E-state index contributed by atoms with van der Waals surface area (Å²) in [4.78, 5) is 0. The maximum absolute atomic E-state index is 6.28. The molecule has 1 saturated carbocycles. The van der Waals surface area contributed by atoms with Gasteiger partial charge < -0.3 is 15.2 Å². The molecule has 1 atom stereocenters. The first-order valence-electron chi connectivity index (χ1n) is 8.00. The molecule has 1 unspecified atom stereocenters. The van der Waals surface area contributed by atoms with Crippen LogP contribution in [0.15, 0.2) is 22.7 Å². The molecule has 1 spiro atoms. The highest BCUT2D eigenvalue weighted by Crippen LogP contribution is 2.43. The molecule has 116 valence electrons. The van der Waals surface area contributed by atoms with Crippen LogP contribution in [0.2, 0.25) is 0 Å². The van der Waals surface area contributed by atoms with Crippen molar-refractivity contribution >= 4 is 15.9 Å². The van der Waals surface area contributed by atoms with Crippen molar-refractivity contribution in [2.24, 2.45) is 5.73 Å². The first-order valence-corrected chi connectivity index (χ1v) is 8.79. The fourth-order valence-electron chi connectivity index (χ4n) is 3.58. The van der Waals surface area contributed by atoms with Crippen molar-refractivity contribution in [2.45, 2.75) is 56.7 Å². The highest BCUT2D eigenvalue weighted by molar-refractivity contribution is 9.10. The highest BCUT2D eigenvalue weighted by atomic mass is 79.9. The van der Waals surface area contributed by atoms with Crippen molar-refractivity contribution < 1.29 is 9.47 Å². The van der Waals surface area contributed by atoms with Gasteiger partial charge in [0.25, 0.3) is 0 Å². The third-order valence-electron chi connectivity index (χ3n) is 4.72. The van der Waals surface area contributed by atoms with E-state index in [2.05, 4.69) is 22.0 Å². The van der Waals surface area contributed by atoms with Gasteiger partial charge in [-0.05, 0) is 62.4 Å². The van der Waals surface area contributed by atoms with E-state index in [1.807, 2.05) is 12.1 Å². The van der Waals surface area contributed by atoms with Crippen LogP contribution in [0.3, 0.4) is 0 Å². The normalized spacial score (nSPS) is 23.8. The van der Waals surface area contributed by atoms with E-state index in [4.69, 9.17) is 15.2 Å². The summed E-state index contributed by atoms with van der Waals surface area (Å²) in [5.41, 5.74) is 7.03. The van der Waals surface area contributed by atoms with Crippen molar-refractivity contribution in [3.63, 3.8) is 0 Å². The summed E-state index contributed by atoms with van der Waals surface area (Å²) in [5.74, 6) is 0.914. The molecule has 0 bridgehead atoms. The Kier molecular flexibility index (Phi) is 4.87. The van der Waals surface area contributed by atoms with Crippen LogP contribution in [0, 0.1) is 0 Å². The average molecular weight is 354 g/mol. The molecule has 21 heavy (non-hydrogen) atoms. The molecule has 2 N–H and O–H groups in total. The van der Waals surface area contributed by atoms with Crippen LogP contribution in [-0.2, 0) is 11.2 Å². The fraction of sp³-hybridized carbons (Fsp3) is 0.647. The Morgan fingerprint density at radius 2 is 2.10 bits per heavy atom. The third kappa shape index (κ3) is 3.61. The molecule has 3 rings (SSSR count). The molecule has 1 aliphatic heterocycles. The van der Waals surface area contributed by atoms with Crippen LogP contribution >= 0.6 is 15.9 Å². The fourth-order valence-corrected chi connectivity index (χ4v) is 4.02. The van der Waals surface area contributed by atoms with E-state index in [1.54, 1.807) is 0 Å². The predicted octanol–water partition coefficient (Wildman–Crippen LogP) is 3.82. The molecule has 1 aromatic rings. The molecule has 2 fully saturated rings. The van der Waals surface area contributed by atoms with E-state index < -0.39 is 0 Å². The number of hydrogen-bond acceptors (Lipinski definition) is 3. The van der Waals surface area contributed by atoms with Crippen molar-refractivity contribution in [3.8, 4) is 5.75 Å². The monoisotopic (exact) mass is 353 g/mol. The number of halogens is 1. The van der Waals surface area contributed by atoms with E-state index in [9.17, 15) is 0 Å². The van der Waals surface area contributed by atoms with Gasteiger partial charge in [0.1, 0.15) is 12.4 Å². The maximum Gasteiger partial charge on any atom is 0.119 e. The summed E-state index contributed by atoms with van der Waals surface area (Å²) in [7, 11) is 0. The van der Waals surface area contributed by atoms with Crippen molar-refractivity contribution in [1.82, 2.24) is 0 Å². The quantitative estimate of drug-likeness (QED) is 0.874. The molecule has 1 heterocycles. The molecule has 0 amide bonds. The number of nitrogens with two attached hydrogens (primary N) is 1. The minimum atomic E-state index is 0.193. The molecule has 0 aromatic heterocycles. The van der Waals surface area contributed by atoms with Crippen LogP contribution in [-0.4, -0.2) is 24.9 Å². The lowest BCUT2D eigenvalue weighted by molar-refractivity contribution is -0.0508. The Morgan fingerprint density at radius 1 is 1.29 bits per heavy atom. The first-order chi connectivity index (χ1) is 10.2. The standard InChI is InChI=1S/C17H24BrNO2/c18-16-4-3-14(11-13(16)6-10-19)20-12-15-5-9-17(21-15)7-1-2-8-17/h3-4,11,15H,1-2,5-10,12,19H2. The van der Waals surface area contributed by atoms with Crippen LogP contribution < -0.4 is 10.5 Å². The van der Waals surface area contributed by atoms with Gasteiger partial charge in [-0.2, -0.15) is 0 Å². The Hall–Kier alpha value is -0.580. The predicted molar refractivity (Wildman–Crippen MR) is 87.7 cm³/mol. The molecule has 2 aliphatic rings. The van der Waals surface area contributed by atoms with E-state index in [-0.39, 0.29) is 11.7 Å². The molecule has 4 heteroatoms. The molecular formula is C17H24BrNO2. The van der Waals surface area contributed by atoms with E-state index in [1.165, 1.54) is 37.7 Å². The average Bonchev–Trinajstić information content (AvgIpc) is 3.11. The molecule has 1 aliphatic carbocycles. The lowest BCUT2D eigenvalue weighted by Crippen LogP contribution is -2.27. The summed E-state index contributed by atoms with van der Waals surface area (Å²) >= 11 is 3.55. The van der Waals surface area contributed by atoms with E-state index >= 15 is 0 Å². The van der Waals surface area contributed by atoms with Crippen LogP contribution in [0.5, 0.6) is 5.75 Å². The minimum absolute atomic E-state index is 0.193. The summed E-state index contributed by atoms with van der Waals surface area (Å²) < 4.78 is 13.3. The second-order valence-electron chi connectivity index (χ2n) is 6.27. The minimum Gasteiger partial charge on any atom is -0.491 e. The molecule has 1 saturated heterocycles. The van der Waals surface area contributed by atoms with Crippen LogP contribution in [0.25, 0.3) is 0 Å². The summed E-state index contributed by atoms with van der Waals surface area (Å²) in [6.45, 7) is 1.31. The number of benzene rings is 1. The van der Waals surface area contributed by atoms with Crippen molar-refractivity contribution in [3.05, 3.63) is 28.2 Å². The zero-order chi connectivity index (χ0) is 14.7. The Balaban J connectivity index is 1.54. The topological polar surface area (TPSA) is 44.5 Å². The van der Waals surface area contributed by atoms with Gasteiger partial charge in [0.2, 0.25) is 0 Å². The first kappa shape index (κ1) is 15.3. The van der Waals surface area contributed by atoms with Crippen molar-refractivity contribution in [1.29, 1.82) is 0 Å². The van der Waals surface area contributed by atoms with Gasteiger partial charge in [0.05, 0.1) is 11.7 Å². The van der Waals surface area contributed by atoms with Gasteiger partial charge in [-0.15, -0.1) is 0 Å². The third-order valence-corrected chi connectivity index (χ3v) is 5.49. The number of hydrogen-bond donors (Lipinski definition) is 1. The van der Waals surface area contributed by atoms with E-state index in [0.29, 0.717) is 13.2 Å². The van der Waals surface area contributed by atoms with E-state index in [0.717, 1.165) is 23.1 Å². The molecule has 3 nitrogen and oxygen atoms in total. The molecule has 0 radical (unpaired) electrons. The second kappa shape index (κ2) is 6.67.